The molecule has 3 rings (SSSR count). The van der Waals surface area contributed by atoms with E-state index in [9.17, 15) is 26.4 Å². The number of nitrogens with zero attached hydrogens (tertiary/aromatic N) is 2. The van der Waals surface area contributed by atoms with Gasteiger partial charge >= 0.3 is 6.36 Å². The average molecular weight is 378 g/mol. The van der Waals surface area contributed by atoms with Gasteiger partial charge in [-0.15, -0.1) is 13.2 Å². The molecule has 2 aliphatic rings. The van der Waals surface area contributed by atoms with E-state index in [4.69, 9.17) is 0 Å². The number of sulfonamides is 1. The molecule has 0 saturated carbocycles. The number of ether oxygens (including phenoxy) is 1. The fraction of sp³-hybridized carbons (Fsp3) is 0.533. The first kappa shape index (κ1) is 18.0. The molecule has 2 fully saturated rings. The predicted molar refractivity (Wildman–Crippen MR) is 81.2 cm³/mol. The second-order valence-electron chi connectivity index (χ2n) is 6.10. The third-order valence-corrected chi connectivity index (χ3v) is 6.45. The highest BCUT2D eigenvalue weighted by Gasteiger charge is 2.45. The molecular weight excluding hydrogens is 361 g/mol. The first-order valence-corrected chi connectivity index (χ1v) is 9.22. The molecule has 0 aromatic heterocycles. The number of alkyl halides is 3. The third kappa shape index (κ3) is 3.45. The predicted octanol–water partition coefficient (Wildman–Crippen LogP) is 1.97. The Morgan fingerprint density at radius 3 is 2.44 bits per heavy atom. The summed E-state index contributed by atoms with van der Waals surface area (Å²) in [5.74, 6) is -0.745. The van der Waals surface area contributed by atoms with E-state index < -0.39 is 28.2 Å². The molecule has 2 heterocycles. The van der Waals surface area contributed by atoms with Gasteiger partial charge in [0, 0.05) is 19.1 Å². The second kappa shape index (κ2) is 6.17. The number of piperazine rings is 1. The summed E-state index contributed by atoms with van der Waals surface area (Å²) in [6.45, 7) is 2.34. The lowest BCUT2D eigenvalue weighted by Crippen LogP contribution is -2.59. The average Bonchev–Trinajstić information content (AvgIpc) is 2.98. The summed E-state index contributed by atoms with van der Waals surface area (Å²) < 4.78 is 67.1. The summed E-state index contributed by atoms with van der Waals surface area (Å²) in [4.78, 5) is 13.9. The molecule has 25 heavy (non-hydrogen) atoms. The molecule has 1 aromatic carbocycles. The monoisotopic (exact) mass is 378 g/mol. The van der Waals surface area contributed by atoms with Crippen LogP contribution in [0.2, 0.25) is 0 Å². The topological polar surface area (TPSA) is 66.9 Å². The van der Waals surface area contributed by atoms with Crippen molar-refractivity contribution in [3.8, 4) is 5.75 Å². The Hall–Kier alpha value is -1.81. The fourth-order valence-corrected chi connectivity index (χ4v) is 4.93. The van der Waals surface area contributed by atoms with Crippen molar-refractivity contribution in [1.29, 1.82) is 0 Å². The highest BCUT2D eigenvalue weighted by atomic mass is 32.2. The van der Waals surface area contributed by atoms with Crippen LogP contribution in [0.5, 0.6) is 5.75 Å². The lowest BCUT2D eigenvalue weighted by Gasteiger charge is -2.40. The molecular formula is C15H17F3N2O4S. The summed E-state index contributed by atoms with van der Waals surface area (Å²) in [5.41, 5.74) is 0. The summed E-state index contributed by atoms with van der Waals surface area (Å²) in [6.07, 6.45) is -3.27. The number of hydrogen-bond donors (Lipinski definition) is 0. The number of fused-ring (bicyclic) bond motifs is 1. The maximum absolute atomic E-state index is 12.8. The van der Waals surface area contributed by atoms with E-state index in [2.05, 4.69) is 4.74 Å². The maximum Gasteiger partial charge on any atom is 0.573 e. The Bertz CT molecular complexity index is 764. The van der Waals surface area contributed by atoms with E-state index in [-0.39, 0.29) is 23.4 Å². The van der Waals surface area contributed by atoms with Gasteiger partial charge in [-0.05, 0) is 44.0 Å². The van der Waals surface area contributed by atoms with Gasteiger partial charge in [-0.3, -0.25) is 4.79 Å². The molecule has 138 valence electrons. The van der Waals surface area contributed by atoms with Gasteiger partial charge in [-0.1, -0.05) is 0 Å². The first-order chi connectivity index (χ1) is 11.6. The zero-order valence-electron chi connectivity index (χ0n) is 13.4. The van der Waals surface area contributed by atoms with Crippen LogP contribution < -0.4 is 4.74 Å². The zero-order valence-corrected chi connectivity index (χ0v) is 14.2. The number of hydrogen-bond acceptors (Lipinski definition) is 4. The van der Waals surface area contributed by atoms with E-state index in [1.165, 1.54) is 6.92 Å². The highest BCUT2D eigenvalue weighted by molar-refractivity contribution is 7.89. The number of carbonyl (C=O) groups is 1. The van der Waals surface area contributed by atoms with E-state index in [1.54, 1.807) is 4.90 Å². The van der Waals surface area contributed by atoms with Crippen LogP contribution in [0.1, 0.15) is 19.8 Å². The summed E-state index contributed by atoms with van der Waals surface area (Å²) in [7, 11) is -3.99. The Kier molecular flexibility index (Phi) is 4.44. The van der Waals surface area contributed by atoms with Crippen molar-refractivity contribution in [1.82, 2.24) is 9.21 Å². The van der Waals surface area contributed by atoms with Crippen LogP contribution in [-0.2, 0) is 14.8 Å². The minimum atomic E-state index is -4.85. The lowest BCUT2D eigenvalue weighted by molar-refractivity contribution is -0.274. The van der Waals surface area contributed by atoms with E-state index in [0.29, 0.717) is 6.54 Å². The van der Waals surface area contributed by atoms with Crippen LogP contribution in [0.25, 0.3) is 0 Å². The molecule has 1 amide bonds. The molecule has 0 N–H and O–H groups in total. The van der Waals surface area contributed by atoms with Crippen molar-refractivity contribution in [3.05, 3.63) is 24.3 Å². The first-order valence-electron chi connectivity index (χ1n) is 7.78. The van der Waals surface area contributed by atoms with E-state index in [1.807, 2.05) is 0 Å². The number of carbonyl (C=O) groups excluding carboxylic acids is 1. The maximum atomic E-state index is 12.8. The number of amides is 1. The Morgan fingerprint density at radius 1 is 1.20 bits per heavy atom. The Balaban J connectivity index is 1.84. The molecule has 10 heteroatoms. The summed E-state index contributed by atoms with van der Waals surface area (Å²) in [6, 6.07) is 3.00. The van der Waals surface area contributed by atoms with Crippen molar-refractivity contribution >= 4 is 15.9 Å². The van der Waals surface area contributed by atoms with Crippen molar-refractivity contribution in [2.75, 3.05) is 13.1 Å². The number of halogens is 3. The third-order valence-electron chi connectivity index (χ3n) is 4.50. The lowest BCUT2D eigenvalue weighted by atomic mass is 10.1. The molecule has 6 nitrogen and oxygen atoms in total. The molecule has 0 radical (unpaired) electrons. The minimum Gasteiger partial charge on any atom is -0.406 e. The van der Waals surface area contributed by atoms with Gasteiger partial charge in [0.1, 0.15) is 11.8 Å². The molecule has 2 atom stereocenters. The van der Waals surface area contributed by atoms with Gasteiger partial charge in [0.05, 0.1) is 4.90 Å². The van der Waals surface area contributed by atoms with Crippen molar-refractivity contribution in [2.24, 2.45) is 0 Å². The van der Waals surface area contributed by atoms with Crippen LogP contribution in [0.4, 0.5) is 13.2 Å². The van der Waals surface area contributed by atoms with Crippen molar-refractivity contribution < 1.29 is 31.1 Å². The van der Waals surface area contributed by atoms with Gasteiger partial charge in [-0.2, -0.15) is 4.31 Å². The van der Waals surface area contributed by atoms with Crippen molar-refractivity contribution in [3.63, 3.8) is 0 Å². The second-order valence-corrected chi connectivity index (χ2v) is 7.99. The zero-order chi connectivity index (χ0) is 18.4. The molecule has 0 bridgehead atoms. The quantitative estimate of drug-likeness (QED) is 0.807. The van der Waals surface area contributed by atoms with Crippen LogP contribution >= 0.6 is 0 Å². The van der Waals surface area contributed by atoms with E-state index >= 15 is 0 Å². The standard InChI is InChI=1S/C15H17F3N2O4S/c1-10-14(21)19-8-2-3-11(19)9-20(10)25(22,23)13-6-4-12(5-7-13)24-15(16,17)18/h4-7,10-11H,2-3,8-9H2,1H3/t10-,11-/m1/s1. The molecule has 2 saturated heterocycles. The van der Waals surface area contributed by atoms with Gasteiger partial charge in [0.25, 0.3) is 0 Å². The normalized spacial score (nSPS) is 25.1. The SMILES string of the molecule is C[C@@H]1C(=O)N2CCC[C@@H]2CN1S(=O)(=O)c1ccc(OC(F)(F)F)cc1. The number of benzene rings is 1. The smallest absolute Gasteiger partial charge is 0.406 e. The van der Waals surface area contributed by atoms with Gasteiger partial charge in [-0.25, -0.2) is 8.42 Å². The van der Waals surface area contributed by atoms with E-state index in [0.717, 1.165) is 41.4 Å². The van der Waals surface area contributed by atoms with Gasteiger partial charge in [0.2, 0.25) is 15.9 Å². The van der Waals surface area contributed by atoms with Gasteiger partial charge in [0.15, 0.2) is 0 Å². The molecule has 0 aliphatic carbocycles. The van der Waals surface area contributed by atoms with Gasteiger partial charge < -0.3 is 9.64 Å². The molecule has 0 spiro atoms. The van der Waals surface area contributed by atoms with Crippen LogP contribution in [0.15, 0.2) is 29.2 Å². The Labute approximate surface area is 143 Å². The molecule has 0 unspecified atom stereocenters. The summed E-state index contributed by atoms with van der Waals surface area (Å²) >= 11 is 0. The highest BCUT2D eigenvalue weighted by Crippen LogP contribution is 2.31. The van der Waals surface area contributed by atoms with Crippen molar-refractivity contribution in [2.45, 2.75) is 43.1 Å². The fourth-order valence-electron chi connectivity index (χ4n) is 3.30. The van der Waals surface area contributed by atoms with Crippen LogP contribution in [0, 0.1) is 0 Å². The minimum absolute atomic E-state index is 0.147. The Morgan fingerprint density at radius 2 is 1.84 bits per heavy atom. The molecule has 1 aromatic rings. The van der Waals surface area contributed by atoms with Crippen LogP contribution in [0.3, 0.4) is 0 Å². The van der Waals surface area contributed by atoms with Crippen LogP contribution in [-0.4, -0.2) is 55.1 Å². The number of rotatable bonds is 3. The largest absolute Gasteiger partial charge is 0.573 e. The molecule has 2 aliphatic heterocycles. The summed E-state index contributed by atoms with van der Waals surface area (Å²) in [5, 5.41) is 0.